The lowest BCUT2D eigenvalue weighted by atomic mass is 10.0. The van der Waals surface area contributed by atoms with E-state index in [9.17, 15) is 14.7 Å². The molecule has 0 spiro atoms. The molecule has 4 rings (SSSR count). The van der Waals surface area contributed by atoms with Gasteiger partial charge in [0.25, 0.3) is 5.91 Å². The number of rotatable bonds is 5. The van der Waals surface area contributed by atoms with E-state index < -0.39 is 11.6 Å². The molecular weight excluding hydrogens is 418 g/mol. The molecule has 1 aromatic carbocycles. The Kier molecular flexibility index (Phi) is 5.96. The van der Waals surface area contributed by atoms with Crippen molar-refractivity contribution >= 4 is 28.2 Å². The van der Waals surface area contributed by atoms with Gasteiger partial charge in [0.1, 0.15) is 10.0 Å². The van der Waals surface area contributed by atoms with Crippen molar-refractivity contribution in [2.45, 2.75) is 25.0 Å². The Morgan fingerprint density at radius 3 is 2.94 bits per heavy atom. The molecule has 0 aliphatic carbocycles. The Morgan fingerprint density at radius 2 is 2.29 bits per heavy atom. The summed E-state index contributed by atoms with van der Waals surface area (Å²) in [6.45, 7) is 3.65. The minimum absolute atomic E-state index is 0.140. The van der Waals surface area contributed by atoms with Gasteiger partial charge in [-0.3, -0.25) is 4.79 Å². The number of aliphatic hydroxyl groups is 1. The first-order chi connectivity index (χ1) is 14.9. The fraction of sp³-hybridized carbons (Fsp3) is 0.409. The molecule has 2 saturated heterocycles. The van der Waals surface area contributed by atoms with Crippen LogP contribution in [0.1, 0.15) is 29.4 Å². The second-order valence-corrected chi connectivity index (χ2v) is 8.46. The van der Waals surface area contributed by atoms with Gasteiger partial charge in [0.05, 0.1) is 25.9 Å². The van der Waals surface area contributed by atoms with Crippen LogP contribution in [0.4, 0.5) is 5.00 Å². The Balaban J connectivity index is 1.62. The van der Waals surface area contributed by atoms with Gasteiger partial charge in [0, 0.05) is 31.1 Å². The van der Waals surface area contributed by atoms with Gasteiger partial charge >= 0.3 is 5.97 Å². The summed E-state index contributed by atoms with van der Waals surface area (Å²) >= 11 is 1.36. The van der Waals surface area contributed by atoms with Gasteiger partial charge in [0.2, 0.25) is 5.60 Å². The Labute approximate surface area is 184 Å². The molecule has 0 bridgehead atoms. The third kappa shape index (κ3) is 4.42. The van der Waals surface area contributed by atoms with E-state index in [1.807, 2.05) is 18.2 Å². The molecule has 1 amide bonds. The number of esters is 1. The van der Waals surface area contributed by atoms with E-state index in [4.69, 9.17) is 9.47 Å². The van der Waals surface area contributed by atoms with Crippen LogP contribution in [0.2, 0.25) is 0 Å². The molecular formula is C22H23N3O5S. The summed E-state index contributed by atoms with van der Waals surface area (Å²) < 4.78 is 10.3. The number of anilines is 1. The summed E-state index contributed by atoms with van der Waals surface area (Å²) in [4.78, 5) is 30.5. The molecule has 9 heteroatoms. The van der Waals surface area contributed by atoms with Gasteiger partial charge in [-0.25, -0.2) is 9.78 Å². The first-order valence-electron chi connectivity index (χ1n) is 10.0. The molecule has 31 heavy (non-hydrogen) atoms. The fourth-order valence-corrected chi connectivity index (χ4v) is 4.29. The van der Waals surface area contributed by atoms with Crippen LogP contribution < -0.4 is 5.32 Å². The van der Waals surface area contributed by atoms with Gasteiger partial charge in [-0.2, -0.15) is 0 Å². The van der Waals surface area contributed by atoms with Crippen molar-refractivity contribution in [3.8, 4) is 22.4 Å². The second-order valence-electron chi connectivity index (χ2n) is 7.46. The second kappa shape index (κ2) is 8.67. The lowest BCUT2D eigenvalue weighted by Crippen LogP contribution is -2.40. The molecule has 0 unspecified atom stereocenters. The SMILES string of the molecule is CCOC(=O)c1nc(-c2cccc(C#C[C@]3(O)CCN(C)C3=O)c2)sc1NC1COC1. The number of ether oxygens (including phenoxy) is 2. The number of amides is 1. The lowest BCUT2D eigenvalue weighted by molar-refractivity contribution is -0.137. The van der Waals surface area contributed by atoms with Gasteiger partial charge in [-0.15, -0.1) is 0 Å². The zero-order valence-corrected chi connectivity index (χ0v) is 18.1. The van der Waals surface area contributed by atoms with Crippen LogP contribution in [0.3, 0.4) is 0 Å². The maximum Gasteiger partial charge on any atom is 0.360 e. The highest BCUT2D eigenvalue weighted by atomic mass is 32.1. The molecule has 8 nitrogen and oxygen atoms in total. The summed E-state index contributed by atoms with van der Waals surface area (Å²) in [7, 11) is 1.65. The number of hydrogen-bond donors (Lipinski definition) is 2. The van der Waals surface area contributed by atoms with Crippen LogP contribution >= 0.6 is 11.3 Å². The molecule has 1 aromatic heterocycles. The number of carbonyl (C=O) groups excluding carboxylic acids is 2. The quantitative estimate of drug-likeness (QED) is 0.538. The molecule has 1 atom stereocenters. The number of benzene rings is 1. The number of nitrogens with zero attached hydrogens (tertiary/aromatic N) is 2. The number of carbonyl (C=O) groups is 2. The third-order valence-corrected chi connectivity index (χ3v) is 6.14. The van der Waals surface area contributed by atoms with E-state index in [1.54, 1.807) is 20.0 Å². The van der Waals surface area contributed by atoms with Crippen molar-refractivity contribution in [1.82, 2.24) is 9.88 Å². The average molecular weight is 442 g/mol. The van der Waals surface area contributed by atoms with Gasteiger partial charge < -0.3 is 24.8 Å². The molecule has 2 N–H and O–H groups in total. The highest BCUT2D eigenvalue weighted by Gasteiger charge is 2.42. The average Bonchev–Trinajstić information content (AvgIpc) is 3.27. The van der Waals surface area contributed by atoms with Crippen LogP contribution in [-0.4, -0.2) is 71.9 Å². The van der Waals surface area contributed by atoms with Crippen molar-refractivity contribution in [1.29, 1.82) is 0 Å². The van der Waals surface area contributed by atoms with Crippen molar-refractivity contribution in [2.24, 2.45) is 0 Å². The Bertz CT molecular complexity index is 1070. The van der Waals surface area contributed by atoms with Crippen LogP contribution in [0.15, 0.2) is 24.3 Å². The Hall–Kier alpha value is -2.93. The molecule has 0 radical (unpaired) electrons. The number of likely N-dealkylation sites (N-methyl/N-ethyl adjacent to an activating group) is 1. The predicted molar refractivity (Wildman–Crippen MR) is 116 cm³/mol. The molecule has 162 valence electrons. The van der Waals surface area contributed by atoms with Gasteiger partial charge in [-0.1, -0.05) is 35.3 Å². The number of aromatic nitrogens is 1. The summed E-state index contributed by atoms with van der Waals surface area (Å²) in [6.07, 6.45) is 0.282. The largest absolute Gasteiger partial charge is 0.461 e. The molecule has 2 fully saturated rings. The standard InChI is InChI=1S/C22H23N3O5S/c1-3-30-20(26)17-19(23-16-12-29-13-16)31-18(24-17)15-6-4-5-14(11-15)7-8-22(28)9-10-25(2)21(22)27/h4-6,11,16,23,28H,3,9-10,12-13H2,1-2H3/t22-/m0/s1. The lowest BCUT2D eigenvalue weighted by Gasteiger charge is -2.27. The monoisotopic (exact) mass is 441 g/mol. The highest BCUT2D eigenvalue weighted by molar-refractivity contribution is 7.19. The first-order valence-corrected chi connectivity index (χ1v) is 10.8. The Morgan fingerprint density at radius 1 is 1.48 bits per heavy atom. The number of thiazole rings is 1. The van der Waals surface area contributed by atoms with Crippen LogP contribution in [0, 0.1) is 11.8 Å². The highest BCUT2D eigenvalue weighted by Crippen LogP contribution is 2.34. The summed E-state index contributed by atoms with van der Waals surface area (Å²) in [5.41, 5.74) is 0.0228. The maximum atomic E-state index is 12.4. The number of likely N-dealkylation sites (tertiary alicyclic amines) is 1. The van der Waals surface area contributed by atoms with E-state index in [2.05, 4.69) is 22.1 Å². The van der Waals surface area contributed by atoms with E-state index in [-0.39, 0.29) is 30.7 Å². The van der Waals surface area contributed by atoms with Crippen molar-refractivity contribution in [3.63, 3.8) is 0 Å². The summed E-state index contributed by atoms with van der Waals surface area (Å²) in [5, 5.41) is 15.1. The number of nitrogens with one attached hydrogen (secondary N) is 1. The van der Waals surface area contributed by atoms with Crippen molar-refractivity contribution < 1.29 is 24.2 Å². The summed E-state index contributed by atoms with van der Waals surface area (Å²) in [6, 6.07) is 7.46. The minimum Gasteiger partial charge on any atom is -0.461 e. The first kappa shape index (κ1) is 21.3. The minimum atomic E-state index is -1.65. The van der Waals surface area contributed by atoms with Crippen LogP contribution in [-0.2, 0) is 14.3 Å². The van der Waals surface area contributed by atoms with E-state index in [1.165, 1.54) is 16.2 Å². The smallest absolute Gasteiger partial charge is 0.360 e. The van der Waals surface area contributed by atoms with Crippen molar-refractivity contribution in [3.05, 3.63) is 35.5 Å². The normalized spacial score (nSPS) is 20.7. The fourth-order valence-electron chi connectivity index (χ4n) is 3.26. The van der Waals surface area contributed by atoms with Crippen LogP contribution in [0.5, 0.6) is 0 Å². The molecule has 0 saturated carbocycles. The van der Waals surface area contributed by atoms with Gasteiger partial charge in [0.15, 0.2) is 5.69 Å². The molecule has 3 heterocycles. The molecule has 2 aromatic rings. The third-order valence-electron chi connectivity index (χ3n) is 5.10. The predicted octanol–water partition coefficient (Wildman–Crippen LogP) is 1.74. The number of hydrogen-bond acceptors (Lipinski definition) is 8. The molecule has 2 aliphatic heterocycles. The topological polar surface area (TPSA) is 101 Å². The zero-order valence-electron chi connectivity index (χ0n) is 17.3. The molecule has 2 aliphatic rings. The van der Waals surface area contributed by atoms with E-state index >= 15 is 0 Å². The maximum absolute atomic E-state index is 12.4. The van der Waals surface area contributed by atoms with Crippen molar-refractivity contribution in [2.75, 3.05) is 38.7 Å². The van der Waals surface area contributed by atoms with E-state index in [0.717, 1.165) is 5.56 Å². The van der Waals surface area contributed by atoms with Gasteiger partial charge in [-0.05, 0) is 19.1 Å². The van der Waals surface area contributed by atoms with Crippen LogP contribution in [0.25, 0.3) is 10.6 Å². The summed E-state index contributed by atoms with van der Waals surface area (Å²) in [5.74, 6) is 4.77. The zero-order chi connectivity index (χ0) is 22.0. The van der Waals surface area contributed by atoms with E-state index in [0.29, 0.717) is 35.3 Å².